The molecule has 10 heteroatoms. The first-order valence-corrected chi connectivity index (χ1v) is 10.5. The first kappa shape index (κ1) is 20.2. The minimum atomic E-state index is -1.13. The van der Waals surface area contributed by atoms with Gasteiger partial charge in [-0.3, -0.25) is 4.98 Å². The van der Waals surface area contributed by atoms with Gasteiger partial charge in [0.05, 0.1) is 23.2 Å². The van der Waals surface area contributed by atoms with Crippen molar-refractivity contribution in [3.63, 3.8) is 0 Å². The molecule has 0 aromatic carbocycles. The molecule has 1 aliphatic rings. The Morgan fingerprint density at radius 2 is 2.03 bits per heavy atom. The van der Waals surface area contributed by atoms with Crippen LogP contribution in [0.3, 0.4) is 0 Å². The van der Waals surface area contributed by atoms with Crippen LogP contribution in [-0.4, -0.2) is 37.7 Å². The third kappa shape index (κ3) is 3.84. The molecule has 0 unspecified atom stereocenters. The summed E-state index contributed by atoms with van der Waals surface area (Å²) in [7, 11) is 0. The van der Waals surface area contributed by atoms with Crippen LogP contribution in [0.15, 0.2) is 36.9 Å². The summed E-state index contributed by atoms with van der Waals surface area (Å²) in [5.74, 6) is 0.0957. The molecule has 1 saturated carbocycles. The van der Waals surface area contributed by atoms with Crippen molar-refractivity contribution in [2.45, 2.75) is 31.1 Å². The van der Waals surface area contributed by atoms with E-state index in [4.69, 9.17) is 16.9 Å². The second kappa shape index (κ2) is 8.34. The van der Waals surface area contributed by atoms with Crippen LogP contribution in [0, 0.1) is 11.3 Å². The molecule has 3 aromatic rings. The molecule has 0 spiro atoms. The molecule has 0 aliphatic heterocycles. The summed E-state index contributed by atoms with van der Waals surface area (Å²) in [6.45, 7) is 0.183. The molecule has 4 rings (SSSR count). The van der Waals surface area contributed by atoms with Crippen molar-refractivity contribution >= 4 is 35.0 Å². The van der Waals surface area contributed by atoms with Gasteiger partial charge in [-0.2, -0.15) is 5.26 Å². The molecular weight excluding hydrogens is 424 g/mol. The molecule has 0 radical (unpaired) electrons. The molecule has 1 fully saturated rings. The van der Waals surface area contributed by atoms with E-state index >= 15 is 0 Å². The van der Waals surface area contributed by atoms with Gasteiger partial charge in [0.2, 0.25) is 5.95 Å². The zero-order valence-electron chi connectivity index (χ0n) is 15.8. The highest BCUT2D eigenvalue weighted by atomic mass is 35.5. The van der Waals surface area contributed by atoms with Crippen molar-refractivity contribution in [1.82, 2.24) is 19.9 Å². The minimum absolute atomic E-state index is 0.0957. The number of anilines is 1. The quantitative estimate of drug-likeness (QED) is 0.606. The smallest absolute Gasteiger partial charge is 0.414 e. The van der Waals surface area contributed by atoms with Crippen molar-refractivity contribution in [2.24, 2.45) is 0 Å². The number of pyridine rings is 1. The highest BCUT2D eigenvalue weighted by molar-refractivity contribution is 7.15. The molecule has 152 valence electrons. The Morgan fingerprint density at radius 3 is 2.63 bits per heavy atom. The van der Waals surface area contributed by atoms with E-state index in [-0.39, 0.29) is 12.5 Å². The van der Waals surface area contributed by atoms with E-state index in [1.54, 1.807) is 36.9 Å². The van der Waals surface area contributed by atoms with Crippen LogP contribution >= 0.6 is 22.9 Å². The molecule has 8 nitrogen and oxygen atoms in total. The normalized spacial score (nSPS) is 14.5. The minimum Gasteiger partial charge on any atom is -0.465 e. The van der Waals surface area contributed by atoms with Crippen LogP contribution in [0.1, 0.15) is 29.8 Å². The molecular formula is C20H17ClN6O2S. The van der Waals surface area contributed by atoms with E-state index in [0.717, 1.165) is 29.0 Å². The number of nitrogens with zero attached hydrogens (tertiary/aromatic N) is 6. The van der Waals surface area contributed by atoms with Crippen LogP contribution in [0.25, 0.3) is 10.6 Å². The van der Waals surface area contributed by atoms with Gasteiger partial charge in [0.25, 0.3) is 0 Å². The number of amides is 1. The van der Waals surface area contributed by atoms with Crippen molar-refractivity contribution in [3.05, 3.63) is 52.5 Å². The lowest BCUT2D eigenvalue weighted by atomic mass is 9.66. The second-order valence-electron chi connectivity index (χ2n) is 7.07. The van der Waals surface area contributed by atoms with E-state index in [1.165, 1.54) is 11.3 Å². The standard InChI is InChI=1S/C20H17ClN6O2S/c21-15-3-1-8-23-16(15)20(5-2-6-20)12-27(19(28)29)18-25-9-13(10-26-18)17-24-11-14(30-17)4-7-22/h1,3,8-11H,2,4-6,12H2,(H,28,29). The highest BCUT2D eigenvalue weighted by Gasteiger charge is 2.44. The number of rotatable bonds is 6. The van der Waals surface area contributed by atoms with Gasteiger partial charge in [-0.25, -0.2) is 24.6 Å². The lowest BCUT2D eigenvalue weighted by Crippen LogP contribution is -2.48. The number of carbonyl (C=O) groups is 1. The average molecular weight is 441 g/mol. The summed E-state index contributed by atoms with van der Waals surface area (Å²) in [4.78, 5) is 31.3. The van der Waals surface area contributed by atoms with E-state index in [9.17, 15) is 9.90 Å². The summed E-state index contributed by atoms with van der Waals surface area (Å²) in [5, 5.41) is 19.8. The zero-order valence-corrected chi connectivity index (χ0v) is 17.4. The molecule has 3 aromatic heterocycles. The number of halogens is 1. The fourth-order valence-corrected chi connectivity index (χ4v) is 4.69. The van der Waals surface area contributed by atoms with E-state index in [2.05, 4.69) is 26.0 Å². The maximum atomic E-state index is 12.0. The predicted octanol–water partition coefficient (Wildman–Crippen LogP) is 4.32. The number of carboxylic acid groups (broad SMARTS) is 1. The predicted molar refractivity (Wildman–Crippen MR) is 113 cm³/mol. The van der Waals surface area contributed by atoms with E-state index in [0.29, 0.717) is 27.7 Å². The summed E-state index contributed by atoms with van der Waals surface area (Å²) < 4.78 is 0. The monoisotopic (exact) mass is 440 g/mol. The molecule has 0 bridgehead atoms. The fraction of sp³-hybridized carbons (Fsp3) is 0.300. The van der Waals surface area contributed by atoms with Gasteiger partial charge in [0.1, 0.15) is 5.01 Å². The van der Waals surface area contributed by atoms with Crippen molar-refractivity contribution in [1.29, 1.82) is 5.26 Å². The van der Waals surface area contributed by atoms with Gasteiger partial charge >= 0.3 is 6.09 Å². The van der Waals surface area contributed by atoms with Gasteiger partial charge < -0.3 is 5.11 Å². The first-order valence-electron chi connectivity index (χ1n) is 9.28. The number of hydrogen-bond acceptors (Lipinski definition) is 7. The maximum Gasteiger partial charge on any atom is 0.414 e. The van der Waals surface area contributed by atoms with Crippen LogP contribution in [0.4, 0.5) is 10.7 Å². The Hall–Kier alpha value is -3.09. The van der Waals surface area contributed by atoms with Crippen molar-refractivity contribution in [3.8, 4) is 16.6 Å². The Bertz CT molecular complexity index is 1110. The lowest BCUT2D eigenvalue weighted by Gasteiger charge is -2.43. The third-order valence-electron chi connectivity index (χ3n) is 5.20. The molecule has 1 aliphatic carbocycles. The third-order valence-corrected chi connectivity index (χ3v) is 6.55. The maximum absolute atomic E-state index is 12.0. The Morgan fingerprint density at radius 1 is 1.27 bits per heavy atom. The summed E-state index contributed by atoms with van der Waals surface area (Å²) in [6.07, 6.45) is 8.16. The summed E-state index contributed by atoms with van der Waals surface area (Å²) in [6, 6.07) is 5.62. The summed E-state index contributed by atoms with van der Waals surface area (Å²) in [5.41, 5.74) is 0.943. The van der Waals surface area contributed by atoms with Crippen LogP contribution in [-0.2, 0) is 11.8 Å². The first-order chi connectivity index (χ1) is 14.5. The topological polar surface area (TPSA) is 116 Å². The lowest BCUT2D eigenvalue weighted by molar-refractivity contribution is 0.189. The van der Waals surface area contributed by atoms with Gasteiger partial charge in [0, 0.05) is 47.2 Å². The average Bonchev–Trinajstić information content (AvgIpc) is 3.17. The molecule has 0 saturated heterocycles. The fourth-order valence-electron chi connectivity index (χ4n) is 3.55. The highest BCUT2D eigenvalue weighted by Crippen LogP contribution is 2.46. The summed E-state index contributed by atoms with van der Waals surface area (Å²) >= 11 is 7.74. The van der Waals surface area contributed by atoms with Gasteiger partial charge in [0.15, 0.2) is 0 Å². The van der Waals surface area contributed by atoms with Crippen molar-refractivity contribution in [2.75, 3.05) is 11.4 Å². The van der Waals surface area contributed by atoms with E-state index in [1.807, 2.05) is 0 Å². The molecule has 3 heterocycles. The molecule has 30 heavy (non-hydrogen) atoms. The Balaban J connectivity index is 1.59. The van der Waals surface area contributed by atoms with Gasteiger partial charge in [-0.05, 0) is 25.0 Å². The van der Waals surface area contributed by atoms with Crippen LogP contribution < -0.4 is 4.90 Å². The van der Waals surface area contributed by atoms with Crippen molar-refractivity contribution < 1.29 is 9.90 Å². The Labute approximate surface area is 181 Å². The molecule has 1 amide bonds. The van der Waals surface area contributed by atoms with Gasteiger partial charge in [-0.1, -0.05) is 18.0 Å². The number of aromatic nitrogens is 4. The van der Waals surface area contributed by atoms with Crippen LogP contribution in [0.2, 0.25) is 5.02 Å². The second-order valence-corrected chi connectivity index (χ2v) is 8.60. The van der Waals surface area contributed by atoms with Crippen LogP contribution in [0.5, 0.6) is 0 Å². The molecule has 1 N–H and O–H groups in total. The van der Waals surface area contributed by atoms with E-state index < -0.39 is 11.5 Å². The van der Waals surface area contributed by atoms with Gasteiger partial charge in [-0.15, -0.1) is 11.3 Å². The largest absolute Gasteiger partial charge is 0.465 e. The number of thiazole rings is 1. The number of hydrogen-bond donors (Lipinski definition) is 1. The SMILES string of the molecule is N#CCc1cnc(-c2cnc(N(CC3(c4ncccc4Cl)CCC3)C(=O)O)nc2)s1. The molecule has 0 atom stereocenters. The Kier molecular flexibility index (Phi) is 5.61. The zero-order chi connectivity index (χ0) is 21.1. The number of nitriles is 1.